The van der Waals surface area contributed by atoms with Crippen molar-refractivity contribution in [2.24, 2.45) is 0 Å². The molecule has 1 amide bonds. The number of aryl methyl sites for hydroxylation is 1. The van der Waals surface area contributed by atoms with Crippen molar-refractivity contribution in [2.45, 2.75) is 32.8 Å². The number of aromatic nitrogens is 1. The second kappa shape index (κ2) is 7.85. The maximum Gasteiger partial charge on any atom is 0.257 e. The average molecular weight is 361 g/mol. The molecule has 1 saturated heterocycles. The molecule has 2 aromatic rings. The molecule has 0 atom stereocenters. The van der Waals surface area contributed by atoms with E-state index in [1.54, 1.807) is 6.07 Å². The second-order valence-electron chi connectivity index (χ2n) is 6.14. The third-order valence-corrected chi connectivity index (χ3v) is 4.64. The van der Waals surface area contributed by atoms with Gasteiger partial charge in [0.1, 0.15) is 11.1 Å². The lowest BCUT2D eigenvalue weighted by molar-refractivity contribution is 0.0238. The summed E-state index contributed by atoms with van der Waals surface area (Å²) in [6.45, 7) is 5.34. The summed E-state index contributed by atoms with van der Waals surface area (Å²) < 4.78 is 11.1. The first-order valence-electron chi connectivity index (χ1n) is 8.32. The molecule has 5 nitrogen and oxygen atoms in total. The van der Waals surface area contributed by atoms with Crippen LogP contribution in [-0.4, -0.2) is 30.2 Å². The highest BCUT2D eigenvalue weighted by atomic mass is 35.5. The average Bonchev–Trinajstić information content (AvgIpc) is 2.61. The van der Waals surface area contributed by atoms with Crippen LogP contribution in [0.2, 0.25) is 5.02 Å². The van der Waals surface area contributed by atoms with E-state index in [9.17, 15) is 4.79 Å². The van der Waals surface area contributed by atoms with Crippen LogP contribution in [-0.2, 0) is 4.74 Å². The molecule has 3 rings (SSSR count). The van der Waals surface area contributed by atoms with Crippen LogP contribution in [0.15, 0.2) is 30.5 Å². The second-order valence-corrected chi connectivity index (χ2v) is 6.55. The minimum atomic E-state index is -0.249. The van der Waals surface area contributed by atoms with Gasteiger partial charge in [-0.1, -0.05) is 23.7 Å². The smallest absolute Gasteiger partial charge is 0.257 e. The third-order valence-electron chi connectivity index (χ3n) is 4.37. The van der Waals surface area contributed by atoms with Crippen LogP contribution in [0.4, 0.5) is 5.69 Å². The first-order valence-corrected chi connectivity index (χ1v) is 8.70. The van der Waals surface area contributed by atoms with Gasteiger partial charge in [0.25, 0.3) is 5.91 Å². The van der Waals surface area contributed by atoms with Crippen molar-refractivity contribution in [1.82, 2.24) is 4.98 Å². The Hall–Kier alpha value is -2.11. The summed E-state index contributed by atoms with van der Waals surface area (Å²) in [6, 6.07) is 7.38. The van der Waals surface area contributed by atoms with Crippen LogP contribution in [0.3, 0.4) is 0 Å². The normalized spacial score (nSPS) is 15.0. The standard InChI is InChI=1S/C19H21ClN2O3/c1-12-4-3-5-17(13(12)2)22-18(23)14-10-16(20)19(21-11-14)25-15-6-8-24-9-7-15/h3-5,10-11,15H,6-9H2,1-2H3,(H,22,23). The number of nitrogens with one attached hydrogen (secondary N) is 1. The van der Waals surface area contributed by atoms with E-state index in [-0.39, 0.29) is 12.0 Å². The highest BCUT2D eigenvalue weighted by Crippen LogP contribution is 2.26. The number of carbonyl (C=O) groups excluding carboxylic acids is 1. The number of halogens is 1. The Morgan fingerprint density at radius 2 is 2.08 bits per heavy atom. The number of hydrogen-bond donors (Lipinski definition) is 1. The highest BCUT2D eigenvalue weighted by molar-refractivity contribution is 6.32. The molecule has 2 heterocycles. The van der Waals surface area contributed by atoms with Gasteiger partial charge in [-0.25, -0.2) is 4.98 Å². The molecule has 1 aliphatic heterocycles. The minimum absolute atomic E-state index is 0.0494. The van der Waals surface area contributed by atoms with Crippen molar-refractivity contribution in [2.75, 3.05) is 18.5 Å². The molecule has 1 fully saturated rings. The van der Waals surface area contributed by atoms with E-state index < -0.39 is 0 Å². The minimum Gasteiger partial charge on any atom is -0.473 e. The molecule has 0 aliphatic carbocycles. The fourth-order valence-corrected chi connectivity index (χ4v) is 2.88. The summed E-state index contributed by atoms with van der Waals surface area (Å²) in [6.07, 6.45) is 3.16. The van der Waals surface area contributed by atoms with Crippen LogP contribution in [0, 0.1) is 13.8 Å². The van der Waals surface area contributed by atoms with Gasteiger partial charge in [0.2, 0.25) is 5.88 Å². The summed E-state index contributed by atoms with van der Waals surface area (Å²) in [4.78, 5) is 16.7. The van der Waals surface area contributed by atoms with Gasteiger partial charge in [-0.05, 0) is 37.1 Å². The Morgan fingerprint density at radius 3 is 2.80 bits per heavy atom. The summed E-state index contributed by atoms with van der Waals surface area (Å²) in [5.41, 5.74) is 3.33. The zero-order valence-electron chi connectivity index (χ0n) is 14.3. The molecule has 1 aromatic carbocycles. The number of amides is 1. The van der Waals surface area contributed by atoms with E-state index in [2.05, 4.69) is 10.3 Å². The Kier molecular flexibility index (Phi) is 5.56. The van der Waals surface area contributed by atoms with Crippen LogP contribution >= 0.6 is 11.6 Å². The number of benzene rings is 1. The number of hydrogen-bond acceptors (Lipinski definition) is 4. The van der Waals surface area contributed by atoms with Gasteiger partial charge in [0.05, 0.1) is 18.8 Å². The molecule has 132 valence electrons. The molecule has 25 heavy (non-hydrogen) atoms. The van der Waals surface area contributed by atoms with Crippen molar-refractivity contribution in [3.63, 3.8) is 0 Å². The lowest BCUT2D eigenvalue weighted by atomic mass is 10.1. The maximum absolute atomic E-state index is 12.5. The SMILES string of the molecule is Cc1cccc(NC(=O)c2cnc(OC3CCOCC3)c(Cl)c2)c1C. The monoisotopic (exact) mass is 360 g/mol. The van der Waals surface area contributed by atoms with E-state index in [1.165, 1.54) is 6.20 Å². The Bertz CT molecular complexity index is 773. The van der Waals surface area contributed by atoms with Crippen LogP contribution in [0.1, 0.15) is 34.3 Å². The van der Waals surface area contributed by atoms with Gasteiger partial charge in [-0.3, -0.25) is 4.79 Å². The van der Waals surface area contributed by atoms with Crippen LogP contribution < -0.4 is 10.1 Å². The van der Waals surface area contributed by atoms with E-state index in [4.69, 9.17) is 21.1 Å². The first kappa shape index (κ1) is 17.7. The van der Waals surface area contributed by atoms with Gasteiger partial charge in [0, 0.05) is 24.7 Å². The summed E-state index contributed by atoms with van der Waals surface area (Å²) >= 11 is 6.25. The number of anilines is 1. The zero-order valence-corrected chi connectivity index (χ0v) is 15.1. The highest BCUT2D eigenvalue weighted by Gasteiger charge is 2.18. The quantitative estimate of drug-likeness (QED) is 0.889. The zero-order chi connectivity index (χ0) is 17.8. The molecule has 1 N–H and O–H groups in total. The largest absolute Gasteiger partial charge is 0.473 e. The van der Waals surface area contributed by atoms with Crippen molar-refractivity contribution in [1.29, 1.82) is 0 Å². The summed E-state index contributed by atoms with van der Waals surface area (Å²) in [5, 5.41) is 3.23. The van der Waals surface area contributed by atoms with Gasteiger partial charge in [-0.15, -0.1) is 0 Å². The fraction of sp³-hybridized carbons (Fsp3) is 0.368. The molecule has 0 unspecified atom stereocenters. The fourth-order valence-electron chi connectivity index (χ4n) is 2.67. The van der Waals surface area contributed by atoms with E-state index in [0.29, 0.717) is 29.7 Å². The van der Waals surface area contributed by atoms with Crippen molar-refractivity contribution < 1.29 is 14.3 Å². The van der Waals surface area contributed by atoms with Crippen LogP contribution in [0.5, 0.6) is 5.88 Å². The van der Waals surface area contributed by atoms with Crippen molar-refractivity contribution in [3.8, 4) is 5.88 Å². The molecular formula is C19H21ClN2O3. The number of nitrogens with zero attached hydrogens (tertiary/aromatic N) is 1. The third kappa shape index (κ3) is 4.30. The van der Waals surface area contributed by atoms with Gasteiger partial charge < -0.3 is 14.8 Å². The van der Waals surface area contributed by atoms with Gasteiger partial charge >= 0.3 is 0 Å². The van der Waals surface area contributed by atoms with E-state index >= 15 is 0 Å². The number of carbonyl (C=O) groups is 1. The Balaban J connectivity index is 1.71. The van der Waals surface area contributed by atoms with Gasteiger partial charge in [-0.2, -0.15) is 0 Å². The molecular weight excluding hydrogens is 340 g/mol. The lowest BCUT2D eigenvalue weighted by Crippen LogP contribution is -2.26. The van der Waals surface area contributed by atoms with Crippen molar-refractivity contribution in [3.05, 3.63) is 52.2 Å². The Morgan fingerprint density at radius 1 is 1.32 bits per heavy atom. The first-order chi connectivity index (χ1) is 12.0. The molecule has 0 spiro atoms. The van der Waals surface area contributed by atoms with Crippen LogP contribution in [0.25, 0.3) is 0 Å². The number of rotatable bonds is 4. The summed E-state index contributed by atoms with van der Waals surface area (Å²) in [7, 11) is 0. The molecule has 0 saturated carbocycles. The number of ether oxygens (including phenoxy) is 2. The molecule has 1 aliphatic rings. The predicted molar refractivity (Wildman–Crippen MR) is 97.6 cm³/mol. The topological polar surface area (TPSA) is 60.5 Å². The van der Waals surface area contributed by atoms with E-state index in [1.807, 2.05) is 32.0 Å². The maximum atomic E-state index is 12.5. The lowest BCUT2D eigenvalue weighted by Gasteiger charge is -2.23. The van der Waals surface area contributed by atoms with E-state index in [0.717, 1.165) is 29.7 Å². The Labute approximate surface area is 152 Å². The molecule has 6 heteroatoms. The summed E-state index contributed by atoms with van der Waals surface area (Å²) in [5.74, 6) is 0.109. The molecule has 0 radical (unpaired) electrons. The molecule has 0 bridgehead atoms. The molecule has 1 aromatic heterocycles. The predicted octanol–water partition coefficient (Wildman–Crippen LogP) is 4.16. The van der Waals surface area contributed by atoms with Crippen molar-refractivity contribution >= 4 is 23.2 Å². The van der Waals surface area contributed by atoms with Gasteiger partial charge in [0.15, 0.2) is 0 Å². The number of pyridine rings is 1.